The minimum absolute atomic E-state index is 0.164. The van der Waals surface area contributed by atoms with Crippen LogP contribution in [0.15, 0.2) is 36.4 Å². The number of halogens is 1. The molecule has 0 atom stereocenters. The quantitative estimate of drug-likeness (QED) is 0.860. The molecule has 116 valence electrons. The summed E-state index contributed by atoms with van der Waals surface area (Å²) in [4.78, 5) is 15.6. The molecule has 0 radical (unpaired) electrons. The van der Waals surface area contributed by atoms with Crippen molar-refractivity contribution >= 4 is 17.4 Å². The molecule has 0 aliphatic heterocycles. The van der Waals surface area contributed by atoms with Gasteiger partial charge in [0.2, 0.25) is 11.8 Å². The van der Waals surface area contributed by atoms with Crippen LogP contribution >= 0.6 is 0 Å². The highest BCUT2D eigenvalue weighted by Crippen LogP contribution is 2.20. The molecule has 1 aromatic carbocycles. The van der Waals surface area contributed by atoms with E-state index in [0.717, 1.165) is 5.56 Å². The van der Waals surface area contributed by atoms with Gasteiger partial charge in [0.15, 0.2) is 5.82 Å². The van der Waals surface area contributed by atoms with Crippen molar-refractivity contribution in [1.29, 1.82) is 0 Å². The molecule has 5 nitrogen and oxygen atoms in total. The predicted octanol–water partition coefficient (Wildman–Crippen LogP) is 2.77. The van der Waals surface area contributed by atoms with Crippen molar-refractivity contribution in [3.63, 3.8) is 0 Å². The highest BCUT2D eigenvalue weighted by atomic mass is 19.1. The molecule has 22 heavy (non-hydrogen) atoms. The van der Waals surface area contributed by atoms with Crippen LogP contribution in [0.2, 0.25) is 0 Å². The summed E-state index contributed by atoms with van der Waals surface area (Å²) in [6.07, 6.45) is 0.972. The maximum atomic E-state index is 12.8. The van der Waals surface area contributed by atoms with Crippen molar-refractivity contribution in [2.45, 2.75) is 19.8 Å². The molecule has 0 saturated carbocycles. The Kier molecular flexibility index (Phi) is 5.30. The van der Waals surface area contributed by atoms with Gasteiger partial charge in [-0.1, -0.05) is 19.1 Å². The normalized spacial score (nSPS) is 10.3. The summed E-state index contributed by atoms with van der Waals surface area (Å²) < 4.78 is 18.3. The van der Waals surface area contributed by atoms with E-state index in [-0.39, 0.29) is 11.7 Å². The SMILES string of the molecule is CCC(=O)Nc1nc(OCCc2ccc(F)cc2)ccc1N. The molecule has 1 heterocycles. The van der Waals surface area contributed by atoms with E-state index in [1.165, 1.54) is 12.1 Å². The number of rotatable bonds is 6. The molecular formula is C16H18FN3O2. The van der Waals surface area contributed by atoms with Crippen LogP contribution in [0.3, 0.4) is 0 Å². The van der Waals surface area contributed by atoms with E-state index in [1.54, 1.807) is 31.2 Å². The second-order valence-electron chi connectivity index (χ2n) is 4.71. The second-order valence-corrected chi connectivity index (χ2v) is 4.71. The summed E-state index contributed by atoms with van der Waals surface area (Å²) in [7, 11) is 0. The van der Waals surface area contributed by atoms with Crippen LogP contribution in [0, 0.1) is 5.82 Å². The van der Waals surface area contributed by atoms with Crippen molar-refractivity contribution in [2.75, 3.05) is 17.7 Å². The first kappa shape index (κ1) is 15.8. The number of carbonyl (C=O) groups is 1. The lowest BCUT2D eigenvalue weighted by molar-refractivity contribution is -0.115. The number of aromatic nitrogens is 1. The minimum atomic E-state index is -0.263. The number of benzene rings is 1. The monoisotopic (exact) mass is 303 g/mol. The lowest BCUT2D eigenvalue weighted by Crippen LogP contribution is -2.13. The number of ether oxygens (including phenoxy) is 1. The molecule has 0 aliphatic carbocycles. The van der Waals surface area contributed by atoms with Crippen molar-refractivity contribution in [1.82, 2.24) is 4.98 Å². The first-order valence-corrected chi connectivity index (χ1v) is 7.02. The molecule has 0 aliphatic rings. The van der Waals surface area contributed by atoms with E-state index < -0.39 is 0 Å². The maximum Gasteiger partial charge on any atom is 0.225 e. The number of nitrogens with zero attached hydrogens (tertiary/aromatic N) is 1. The third-order valence-electron chi connectivity index (χ3n) is 3.03. The van der Waals surface area contributed by atoms with Gasteiger partial charge in [0.05, 0.1) is 12.3 Å². The molecule has 0 saturated heterocycles. The number of amides is 1. The van der Waals surface area contributed by atoms with Crippen LogP contribution in [0.1, 0.15) is 18.9 Å². The standard InChI is InChI=1S/C16H18FN3O2/c1-2-14(21)19-16-13(18)7-8-15(20-16)22-10-9-11-3-5-12(17)6-4-11/h3-8H,2,9-10,18H2,1H3,(H,19,20,21). The zero-order valence-electron chi connectivity index (χ0n) is 12.3. The number of hydrogen-bond donors (Lipinski definition) is 2. The van der Waals surface area contributed by atoms with Gasteiger partial charge in [-0.05, 0) is 23.8 Å². The van der Waals surface area contributed by atoms with Crippen LogP contribution in [0.25, 0.3) is 0 Å². The first-order chi connectivity index (χ1) is 10.6. The number of nitrogens with one attached hydrogen (secondary N) is 1. The highest BCUT2D eigenvalue weighted by Gasteiger charge is 2.07. The molecule has 1 amide bonds. The number of carbonyl (C=O) groups excluding carboxylic acids is 1. The third-order valence-corrected chi connectivity index (χ3v) is 3.03. The average molecular weight is 303 g/mol. The first-order valence-electron chi connectivity index (χ1n) is 7.02. The van der Waals surface area contributed by atoms with E-state index in [9.17, 15) is 9.18 Å². The van der Waals surface area contributed by atoms with E-state index >= 15 is 0 Å². The molecule has 3 N–H and O–H groups in total. The number of hydrogen-bond acceptors (Lipinski definition) is 4. The van der Waals surface area contributed by atoms with Crippen LogP contribution in [-0.2, 0) is 11.2 Å². The molecule has 6 heteroatoms. The molecule has 2 aromatic rings. The Balaban J connectivity index is 1.93. The Morgan fingerprint density at radius 3 is 2.68 bits per heavy atom. The number of nitrogens with two attached hydrogens (primary N) is 1. The minimum Gasteiger partial charge on any atom is -0.477 e. The Hall–Kier alpha value is -2.63. The van der Waals surface area contributed by atoms with Crippen LogP contribution in [-0.4, -0.2) is 17.5 Å². The van der Waals surface area contributed by atoms with Gasteiger partial charge in [-0.15, -0.1) is 0 Å². The molecule has 2 rings (SSSR count). The van der Waals surface area contributed by atoms with E-state index in [1.807, 2.05) is 0 Å². The fourth-order valence-corrected chi connectivity index (χ4v) is 1.78. The summed E-state index contributed by atoms with van der Waals surface area (Å²) in [5, 5.41) is 2.62. The van der Waals surface area contributed by atoms with Gasteiger partial charge in [-0.25, -0.2) is 4.39 Å². The van der Waals surface area contributed by atoms with Gasteiger partial charge in [0.25, 0.3) is 0 Å². The van der Waals surface area contributed by atoms with E-state index in [4.69, 9.17) is 10.5 Å². The summed E-state index contributed by atoms with van der Waals surface area (Å²) in [6, 6.07) is 9.52. The van der Waals surface area contributed by atoms with Crippen LogP contribution in [0.4, 0.5) is 15.9 Å². The zero-order valence-corrected chi connectivity index (χ0v) is 12.3. The van der Waals surface area contributed by atoms with Gasteiger partial charge in [0.1, 0.15) is 5.82 Å². The Labute approximate surface area is 128 Å². The lowest BCUT2D eigenvalue weighted by Gasteiger charge is -2.10. The van der Waals surface area contributed by atoms with Crippen molar-refractivity contribution in [2.24, 2.45) is 0 Å². The summed E-state index contributed by atoms with van der Waals surface area (Å²) in [5.74, 6) is 0.248. The van der Waals surface area contributed by atoms with Gasteiger partial charge in [-0.2, -0.15) is 4.98 Å². The van der Waals surface area contributed by atoms with E-state index in [2.05, 4.69) is 10.3 Å². The zero-order chi connectivity index (χ0) is 15.9. The number of anilines is 2. The summed E-state index contributed by atoms with van der Waals surface area (Å²) in [6.45, 7) is 2.14. The van der Waals surface area contributed by atoms with Crippen molar-refractivity contribution < 1.29 is 13.9 Å². The Morgan fingerprint density at radius 1 is 1.27 bits per heavy atom. The smallest absolute Gasteiger partial charge is 0.225 e. The van der Waals surface area contributed by atoms with Gasteiger partial charge in [-0.3, -0.25) is 4.79 Å². The topological polar surface area (TPSA) is 77.2 Å². The molecular weight excluding hydrogens is 285 g/mol. The molecule has 0 bridgehead atoms. The molecule has 0 unspecified atom stereocenters. The Bertz CT molecular complexity index is 644. The third kappa shape index (κ3) is 4.44. The van der Waals surface area contributed by atoms with Crippen LogP contribution in [0.5, 0.6) is 5.88 Å². The molecule has 0 fully saturated rings. The maximum absolute atomic E-state index is 12.8. The van der Waals surface area contributed by atoms with Gasteiger partial charge >= 0.3 is 0 Å². The van der Waals surface area contributed by atoms with Crippen LogP contribution < -0.4 is 15.8 Å². The number of nitrogen functional groups attached to an aromatic ring is 1. The molecule has 1 aromatic heterocycles. The second kappa shape index (κ2) is 7.40. The fraction of sp³-hybridized carbons (Fsp3) is 0.250. The van der Waals surface area contributed by atoms with Gasteiger partial charge < -0.3 is 15.8 Å². The Morgan fingerprint density at radius 2 is 2.00 bits per heavy atom. The fourth-order valence-electron chi connectivity index (χ4n) is 1.78. The lowest BCUT2D eigenvalue weighted by atomic mass is 10.2. The van der Waals surface area contributed by atoms with Crippen molar-refractivity contribution in [3.8, 4) is 5.88 Å². The molecule has 0 spiro atoms. The predicted molar refractivity (Wildman–Crippen MR) is 83.2 cm³/mol. The van der Waals surface area contributed by atoms with E-state index in [0.29, 0.717) is 36.8 Å². The summed E-state index contributed by atoms with van der Waals surface area (Å²) in [5.41, 5.74) is 7.11. The average Bonchev–Trinajstić information content (AvgIpc) is 2.52. The summed E-state index contributed by atoms with van der Waals surface area (Å²) >= 11 is 0. The van der Waals surface area contributed by atoms with Crippen molar-refractivity contribution in [3.05, 3.63) is 47.8 Å². The largest absolute Gasteiger partial charge is 0.477 e. The number of pyridine rings is 1. The van der Waals surface area contributed by atoms with Gasteiger partial charge in [0, 0.05) is 18.9 Å². The highest BCUT2D eigenvalue weighted by molar-refractivity contribution is 5.92.